The monoisotopic (exact) mass is 285 g/mol. The lowest BCUT2D eigenvalue weighted by atomic mass is 9.96. The van der Waals surface area contributed by atoms with Crippen LogP contribution in [-0.2, 0) is 4.74 Å². The highest BCUT2D eigenvalue weighted by Gasteiger charge is 2.23. The molecule has 2 aromatic rings. The minimum Gasteiger partial charge on any atom is -0.371 e. The minimum absolute atomic E-state index is 0.0846. The molecule has 1 N–H and O–H groups in total. The van der Waals surface area contributed by atoms with Crippen LogP contribution in [0.15, 0.2) is 42.5 Å². The van der Waals surface area contributed by atoms with Crippen molar-refractivity contribution < 1.29 is 9.13 Å². The zero-order chi connectivity index (χ0) is 14.8. The van der Waals surface area contributed by atoms with Gasteiger partial charge < -0.3 is 10.1 Å². The van der Waals surface area contributed by atoms with Crippen LogP contribution in [0, 0.1) is 12.7 Å². The van der Waals surface area contributed by atoms with Crippen LogP contribution in [0.2, 0.25) is 0 Å². The third-order valence-electron chi connectivity index (χ3n) is 4.07. The summed E-state index contributed by atoms with van der Waals surface area (Å²) in [6.07, 6.45) is 0.0846. The molecule has 0 saturated carbocycles. The van der Waals surface area contributed by atoms with E-state index < -0.39 is 0 Å². The molecule has 0 aromatic heterocycles. The molecule has 2 atom stereocenters. The van der Waals surface area contributed by atoms with Gasteiger partial charge in [-0.25, -0.2) is 4.39 Å². The maximum atomic E-state index is 13.4. The third-order valence-corrected chi connectivity index (χ3v) is 4.07. The number of hydrogen-bond acceptors (Lipinski definition) is 2. The van der Waals surface area contributed by atoms with Crippen molar-refractivity contribution in [3.8, 4) is 11.1 Å². The lowest BCUT2D eigenvalue weighted by molar-refractivity contribution is -0.000215. The van der Waals surface area contributed by atoms with Crippen LogP contribution >= 0.6 is 0 Å². The van der Waals surface area contributed by atoms with E-state index in [2.05, 4.69) is 24.4 Å². The molecule has 1 saturated heterocycles. The van der Waals surface area contributed by atoms with Gasteiger partial charge in [0.1, 0.15) is 5.82 Å². The number of ether oxygens (including phenoxy) is 1. The van der Waals surface area contributed by atoms with Crippen molar-refractivity contribution in [3.05, 3.63) is 59.4 Å². The Morgan fingerprint density at radius 2 is 1.90 bits per heavy atom. The Kier molecular flexibility index (Phi) is 4.04. The van der Waals surface area contributed by atoms with Gasteiger partial charge in [-0.15, -0.1) is 0 Å². The van der Waals surface area contributed by atoms with Crippen molar-refractivity contribution in [2.75, 3.05) is 13.2 Å². The number of morpholine rings is 1. The number of aryl methyl sites for hydroxylation is 1. The molecule has 3 rings (SSSR count). The van der Waals surface area contributed by atoms with Crippen molar-refractivity contribution in [2.45, 2.75) is 26.0 Å². The first-order chi connectivity index (χ1) is 10.1. The molecular formula is C18H20FNO. The Bertz CT molecular complexity index is 624. The molecule has 2 aromatic carbocycles. The topological polar surface area (TPSA) is 21.3 Å². The van der Waals surface area contributed by atoms with Gasteiger partial charge in [0.2, 0.25) is 0 Å². The summed E-state index contributed by atoms with van der Waals surface area (Å²) in [6, 6.07) is 13.4. The second-order valence-electron chi connectivity index (χ2n) is 5.62. The number of benzene rings is 2. The van der Waals surface area contributed by atoms with Crippen LogP contribution in [0.3, 0.4) is 0 Å². The maximum absolute atomic E-state index is 13.4. The number of hydrogen-bond donors (Lipinski definition) is 1. The van der Waals surface area contributed by atoms with Gasteiger partial charge >= 0.3 is 0 Å². The summed E-state index contributed by atoms with van der Waals surface area (Å²) in [5.74, 6) is -0.201. The van der Waals surface area contributed by atoms with Crippen molar-refractivity contribution in [3.63, 3.8) is 0 Å². The highest BCUT2D eigenvalue weighted by Crippen LogP contribution is 2.28. The van der Waals surface area contributed by atoms with E-state index in [0.717, 1.165) is 35.4 Å². The number of nitrogens with one attached hydrogen (secondary N) is 1. The van der Waals surface area contributed by atoms with Crippen LogP contribution in [-0.4, -0.2) is 19.2 Å². The minimum atomic E-state index is -0.201. The Morgan fingerprint density at radius 3 is 2.62 bits per heavy atom. The van der Waals surface area contributed by atoms with Crippen LogP contribution in [0.1, 0.15) is 24.2 Å². The predicted molar refractivity (Wildman–Crippen MR) is 82.7 cm³/mol. The van der Waals surface area contributed by atoms with Gasteiger partial charge in [0.15, 0.2) is 0 Å². The second kappa shape index (κ2) is 5.96. The van der Waals surface area contributed by atoms with Crippen molar-refractivity contribution in [1.29, 1.82) is 0 Å². The van der Waals surface area contributed by atoms with Gasteiger partial charge in [-0.1, -0.05) is 30.3 Å². The van der Waals surface area contributed by atoms with Crippen LogP contribution in [0.5, 0.6) is 0 Å². The quantitative estimate of drug-likeness (QED) is 0.905. The molecule has 1 heterocycles. The Morgan fingerprint density at radius 1 is 1.14 bits per heavy atom. The lowest BCUT2D eigenvalue weighted by Crippen LogP contribution is -2.41. The molecule has 0 unspecified atom stereocenters. The molecule has 0 bridgehead atoms. The maximum Gasteiger partial charge on any atom is 0.123 e. The molecule has 0 aliphatic carbocycles. The SMILES string of the molecule is Cc1ccc(F)cc1-c1ccc([C@@H]2OCCN[C@H]2C)cc1. The zero-order valence-electron chi connectivity index (χ0n) is 12.4. The largest absolute Gasteiger partial charge is 0.371 e. The summed E-state index contributed by atoms with van der Waals surface area (Å²) in [6.45, 7) is 5.77. The van der Waals surface area contributed by atoms with Crippen molar-refractivity contribution in [2.24, 2.45) is 0 Å². The number of rotatable bonds is 2. The van der Waals surface area contributed by atoms with E-state index in [4.69, 9.17) is 4.74 Å². The Labute approximate surface area is 125 Å². The molecule has 1 aliphatic rings. The summed E-state index contributed by atoms with van der Waals surface area (Å²) in [4.78, 5) is 0. The molecule has 0 amide bonds. The van der Waals surface area contributed by atoms with Crippen LogP contribution in [0.25, 0.3) is 11.1 Å². The first-order valence-electron chi connectivity index (χ1n) is 7.36. The molecule has 21 heavy (non-hydrogen) atoms. The molecule has 0 radical (unpaired) electrons. The van der Waals surface area contributed by atoms with E-state index in [1.807, 2.05) is 25.1 Å². The molecule has 2 nitrogen and oxygen atoms in total. The standard InChI is InChI=1S/C18H20FNO/c1-12-3-8-16(19)11-17(12)14-4-6-15(7-5-14)18-13(2)20-9-10-21-18/h3-8,11,13,18,20H,9-10H2,1-2H3/t13-,18+/m0/s1. The van der Waals surface area contributed by atoms with Crippen molar-refractivity contribution >= 4 is 0 Å². The van der Waals surface area contributed by atoms with Gasteiger partial charge in [0.05, 0.1) is 12.7 Å². The third kappa shape index (κ3) is 2.99. The van der Waals surface area contributed by atoms with Gasteiger partial charge in [-0.2, -0.15) is 0 Å². The average molecular weight is 285 g/mol. The Balaban J connectivity index is 1.88. The van der Waals surface area contributed by atoms with Crippen LogP contribution < -0.4 is 5.32 Å². The van der Waals surface area contributed by atoms with E-state index in [9.17, 15) is 4.39 Å². The second-order valence-corrected chi connectivity index (χ2v) is 5.62. The van der Waals surface area contributed by atoms with Crippen LogP contribution in [0.4, 0.5) is 4.39 Å². The molecule has 3 heteroatoms. The number of halogens is 1. The van der Waals surface area contributed by atoms with E-state index in [1.165, 1.54) is 6.07 Å². The molecular weight excluding hydrogens is 265 g/mol. The normalized spacial score (nSPS) is 22.2. The summed E-state index contributed by atoms with van der Waals surface area (Å²) in [7, 11) is 0. The first-order valence-corrected chi connectivity index (χ1v) is 7.36. The van der Waals surface area contributed by atoms with E-state index in [-0.39, 0.29) is 11.9 Å². The predicted octanol–water partition coefficient (Wildman–Crippen LogP) is 3.85. The first kappa shape index (κ1) is 14.2. The summed E-state index contributed by atoms with van der Waals surface area (Å²) in [5, 5.41) is 3.42. The van der Waals surface area contributed by atoms with E-state index >= 15 is 0 Å². The summed E-state index contributed by atoms with van der Waals surface area (Å²) in [5.41, 5.74) is 4.21. The summed E-state index contributed by atoms with van der Waals surface area (Å²) < 4.78 is 19.3. The lowest BCUT2D eigenvalue weighted by Gasteiger charge is -2.30. The fourth-order valence-corrected chi connectivity index (χ4v) is 2.87. The Hall–Kier alpha value is -1.71. The van der Waals surface area contributed by atoms with Crippen molar-refractivity contribution in [1.82, 2.24) is 5.32 Å². The van der Waals surface area contributed by atoms with Gasteiger partial charge in [-0.3, -0.25) is 0 Å². The molecule has 110 valence electrons. The smallest absolute Gasteiger partial charge is 0.123 e. The molecule has 1 fully saturated rings. The molecule has 1 aliphatic heterocycles. The highest BCUT2D eigenvalue weighted by atomic mass is 19.1. The highest BCUT2D eigenvalue weighted by molar-refractivity contribution is 5.67. The average Bonchev–Trinajstić information content (AvgIpc) is 2.50. The van der Waals surface area contributed by atoms with E-state index in [1.54, 1.807) is 6.07 Å². The fraction of sp³-hybridized carbons (Fsp3) is 0.333. The zero-order valence-corrected chi connectivity index (χ0v) is 12.4. The molecule has 0 spiro atoms. The van der Waals surface area contributed by atoms with Gasteiger partial charge in [-0.05, 0) is 48.2 Å². The van der Waals surface area contributed by atoms with Gasteiger partial charge in [0.25, 0.3) is 0 Å². The summed E-state index contributed by atoms with van der Waals surface area (Å²) >= 11 is 0. The van der Waals surface area contributed by atoms with Gasteiger partial charge in [0, 0.05) is 12.6 Å². The van der Waals surface area contributed by atoms with E-state index in [0.29, 0.717) is 6.04 Å². The fourth-order valence-electron chi connectivity index (χ4n) is 2.87.